The summed E-state index contributed by atoms with van der Waals surface area (Å²) < 4.78 is 5.56. The molecule has 2 aromatic carbocycles. The van der Waals surface area contributed by atoms with E-state index >= 15 is 0 Å². The van der Waals surface area contributed by atoms with Crippen molar-refractivity contribution in [2.75, 3.05) is 13.2 Å². The van der Waals surface area contributed by atoms with E-state index in [4.69, 9.17) is 10.5 Å². The molecule has 1 aliphatic carbocycles. The molecule has 0 atom stereocenters. The zero-order chi connectivity index (χ0) is 12.9. The summed E-state index contributed by atoms with van der Waals surface area (Å²) in [6.45, 7) is 1.73. The van der Waals surface area contributed by atoms with Crippen LogP contribution in [0.15, 0.2) is 42.5 Å². The normalized spacial score (nSPS) is 28.7. The highest BCUT2D eigenvalue weighted by atomic mass is 16.5. The van der Waals surface area contributed by atoms with Crippen LogP contribution in [0.1, 0.15) is 18.4 Å². The first-order valence-electron chi connectivity index (χ1n) is 7.10. The minimum absolute atomic E-state index is 0.236. The Hall–Kier alpha value is -1.38. The van der Waals surface area contributed by atoms with Gasteiger partial charge >= 0.3 is 0 Å². The fourth-order valence-corrected chi connectivity index (χ4v) is 3.57. The summed E-state index contributed by atoms with van der Waals surface area (Å²) >= 11 is 0. The van der Waals surface area contributed by atoms with Crippen molar-refractivity contribution in [1.29, 1.82) is 0 Å². The summed E-state index contributed by atoms with van der Waals surface area (Å²) in [5, 5.41) is 2.64. The molecule has 1 aliphatic heterocycles. The maximum absolute atomic E-state index is 5.97. The van der Waals surface area contributed by atoms with Gasteiger partial charge in [0.2, 0.25) is 0 Å². The molecule has 0 bridgehead atoms. The van der Waals surface area contributed by atoms with E-state index in [1.807, 2.05) is 0 Å². The van der Waals surface area contributed by atoms with Crippen molar-refractivity contribution >= 4 is 10.8 Å². The van der Waals surface area contributed by atoms with Crippen LogP contribution in [0.5, 0.6) is 0 Å². The van der Waals surface area contributed by atoms with E-state index in [9.17, 15) is 0 Å². The zero-order valence-electron chi connectivity index (χ0n) is 11.0. The first-order chi connectivity index (χ1) is 9.28. The van der Waals surface area contributed by atoms with Crippen molar-refractivity contribution in [3.8, 4) is 0 Å². The third-order valence-corrected chi connectivity index (χ3v) is 5.00. The van der Waals surface area contributed by atoms with Crippen LogP contribution in [0.25, 0.3) is 10.8 Å². The van der Waals surface area contributed by atoms with Crippen molar-refractivity contribution < 1.29 is 4.74 Å². The molecular formula is C17H19NO. The number of ether oxygens (including phenoxy) is 1. The van der Waals surface area contributed by atoms with E-state index in [0.29, 0.717) is 12.0 Å². The summed E-state index contributed by atoms with van der Waals surface area (Å²) in [4.78, 5) is 0. The molecule has 0 amide bonds. The summed E-state index contributed by atoms with van der Waals surface area (Å²) in [5.74, 6) is 0.706. The second-order valence-corrected chi connectivity index (χ2v) is 6.14. The van der Waals surface area contributed by atoms with Gasteiger partial charge in [-0.2, -0.15) is 0 Å². The average Bonchev–Trinajstić information content (AvgIpc) is 2.35. The van der Waals surface area contributed by atoms with E-state index in [0.717, 1.165) is 26.1 Å². The number of nitrogens with two attached hydrogens (primary N) is 1. The van der Waals surface area contributed by atoms with Gasteiger partial charge in [0.05, 0.1) is 13.2 Å². The molecule has 98 valence electrons. The summed E-state index contributed by atoms with van der Waals surface area (Å²) in [6, 6.07) is 15.8. The van der Waals surface area contributed by atoms with Crippen LogP contribution in [0, 0.1) is 5.92 Å². The molecule has 19 heavy (non-hydrogen) atoms. The van der Waals surface area contributed by atoms with Crippen molar-refractivity contribution in [2.24, 2.45) is 11.7 Å². The summed E-state index contributed by atoms with van der Waals surface area (Å²) in [5.41, 5.74) is 7.65. The molecule has 2 N–H and O–H groups in total. The molecule has 0 radical (unpaired) electrons. The van der Waals surface area contributed by atoms with Gasteiger partial charge in [-0.05, 0) is 35.1 Å². The monoisotopic (exact) mass is 253 g/mol. The lowest BCUT2D eigenvalue weighted by Crippen LogP contribution is -2.58. The maximum Gasteiger partial charge on any atom is 0.0588 e. The lowest BCUT2D eigenvalue weighted by atomic mass is 9.59. The molecule has 2 heteroatoms. The predicted octanol–water partition coefficient (Wildman–Crippen LogP) is 2.85. The first kappa shape index (κ1) is 11.4. The first-order valence-corrected chi connectivity index (χ1v) is 7.10. The molecule has 2 aliphatic rings. The highest BCUT2D eigenvalue weighted by molar-refractivity contribution is 5.83. The standard InChI is InChI=1S/C17H19NO/c18-16-8-15(9-16)17(10-19-11-17)14-6-5-12-3-1-2-4-13(12)7-14/h1-7,15-16H,8-11,18H2. The van der Waals surface area contributed by atoms with Crippen molar-refractivity contribution in [3.05, 3.63) is 48.0 Å². The molecule has 0 aromatic heterocycles. The molecular weight excluding hydrogens is 234 g/mol. The Labute approximate surface area is 113 Å². The van der Waals surface area contributed by atoms with Gasteiger partial charge in [-0.1, -0.05) is 42.5 Å². The summed E-state index contributed by atoms with van der Waals surface area (Å²) in [7, 11) is 0. The lowest BCUT2D eigenvalue weighted by molar-refractivity contribution is -0.111. The molecule has 0 unspecified atom stereocenters. The van der Waals surface area contributed by atoms with Crippen LogP contribution < -0.4 is 5.73 Å². The quantitative estimate of drug-likeness (QED) is 0.893. The molecule has 1 saturated heterocycles. The average molecular weight is 253 g/mol. The van der Waals surface area contributed by atoms with Gasteiger partial charge in [-0.25, -0.2) is 0 Å². The largest absolute Gasteiger partial charge is 0.379 e. The number of rotatable bonds is 2. The highest BCUT2D eigenvalue weighted by Gasteiger charge is 2.51. The van der Waals surface area contributed by atoms with E-state index in [1.54, 1.807) is 0 Å². The summed E-state index contributed by atoms with van der Waals surface area (Å²) in [6.07, 6.45) is 2.30. The third kappa shape index (κ3) is 1.63. The van der Waals surface area contributed by atoms with Crippen LogP contribution in [0.2, 0.25) is 0 Å². The second kappa shape index (κ2) is 4.06. The third-order valence-electron chi connectivity index (χ3n) is 5.00. The SMILES string of the molecule is NC1CC(C2(c3ccc4ccccc4c3)COC2)C1. The highest BCUT2D eigenvalue weighted by Crippen LogP contribution is 2.48. The van der Waals surface area contributed by atoms with Gasteiger partial charge in [-0.15, -0.1) is 0 Å². The molecule has 2 aromatic rings. The maximum atomic E-state index is 5.97. The minimum atomic E-state index is 0.236. The van der Waals surface area contributed by atoms with Gasteiger partial charge in [-0.3, -0.25) is 0 Å². The number of benzene rings is 2. The van der Waals surface area contributed by atoms with Crippen LogP contribution in [-0.2, 0) is 10.2 Å². The van der Waals surface area contributed by atoms with Gasteiger partial charge < -0.3 is 10.5 Å². The van der Waals surface area contributed by atoms with Gasteiger partial charge in [0.1, 0.15) is 0 Å². The van der Waals surface area contributed by atoms with Crippen molar-refractivity contribution in [2.45, 2.75) is 24.3 Å². The van der Waals surface area contributed by atoms with Gasteiger partial charge in [0, 0.05) is 11.5 Å². The van der Waals surface area contributed by atoms with Gasteiger partial charge in [0.25, 0.3) is 0 Å². The Morgan fingerprint density at radius 2 is 1.74 bits per heavy atom. The lowest BCUT2D eigenvalue weighted by Gasteiger charge is -2.53. The topological polar surface area (TPSA) is 35.2 Å². The van der Waals surface area contributed by atoms with Crippen LogP contribution >= 0.6 is 0 Å². The molecule has 0 spiro atoms. The van der Waals surface area contributed by atoms with E-state index < -0.39 is 0 Å². The molecule has 1 saturated carbocycles. The number of fused-ring (bicyclic) bond motifs is 1. The van der Waals surface area contributed by atoms with Crippen LogP contribution in [0.3, 0.4) is 0 Å². The smallest absolute Gasteiger partial charge is 0.0588 e. The Morgan fingerprint density at radius 1 is 1.00 bits per heavy atom. The molecule has 2 nitrogen and oxygen atoms in total. The van der Waals surface area contributed by atoms with Crippen LogP contribution in [-0.4, -0.2) is 19.3 Å². The minimum Gasteiger partial charge on any atom is -0.379 e. The fraction of sp³-hybridized carbons (Fsp3) is 0.412. The Morgan fingerprint density at radius 3 is 2.37 bits per heavy atom. The predicted molar refractivity (Wildman–Crippen MR) is 77.1 cm³/mol. The van der Waals surface area contributed by atoms with E-state index in [2.05, 4.69) is 42.5 Å². The van der Waals surface area contributed by atoms with Gasteiger partial charge in [0.15, 0.2) is 0 Å². The fourth-order valence-electron chi connectivity index (χ4n) is 3.57. The Kier molecular flexibility index (Phi) is 2.44. The van der Waals surface area contributed by atoms with E-state index in [1.165, 1.54) is 16.3 Å². The van der Waals surface area contributed by atoms with Crippen molar-refractivity contribution in [1.82, 2.24) is 0 Å². The zero-order valence-corrected chi connectivity index (χ0v) is 11.0. The molecule has 1 heterocycles. The number of hydrogen-bond donors (Lipinski definition) is 1. The van der Waals surface area contributed by atoms with E-state index in [-0.39, 0.29) is 5.41 Å². The van der Waals surface area contributed by atoms with Crippen LogP contribution in [0.4, 0.5) is 0 Å². The molecule has 4 rings (SSSR count). The Balaban J connectivity index is 1.75. The number of hydrogen-bond acceptors (Lipinski definition) is 2. The second-order valence-electron chi connectivity index (χ2n) is 6.14. The molecule has 2 fully saturated rings. The van der Waals surface area contributed by atoms with Crippen molar-refractivity contribution in [3.63, 3.8) is 0 Å². The Bertz CT molecular complexity index is 611.